The highest BCUT2D eigenvalue weighted by atomic mass is 35.5. The first-order valence-corrected chi connectivity index (χ1v) is 6.20. The summed E-state index contributed by atoms with van der Waals surface area (Å²) in [5, 5.41) is 14.5. The minimum absolute atomic E-state index is 0.0786. The molecule has 0 radical (unpaired) electrons. The Hall–Kier alpha value is -1.85. The van der Waals surface area contributed by atoms with E-state index < -0.39 is 4.92 Å². The summed E-state index contributed by atoms with van der Waals surface area (Å²) < 4.78 is 5.20. The van der Waals surface area contributed by atoms with Gasteiger partial charge in [-0.3, -0.25) is 10.1 Å². The minimum atomic E-state index is -0.403. The molecule has 1 aromatic heterocycles. The highest BCUT2D eigenvalue weighted by Crippen LogP contribution is 2.22. The fraction of sp³-hybridized carbons (Fsp3) is 0.231. The van der Waals surface area contributed by atoms with Crippen molar-refractivity contribution in [1.29, 1.82) is 0 Å². The van der Waals surface area contributed by atoms with Gasteiger partial charge in [0.15, 0.2) is 0 Å². The Morgan fingerprint density at radius 3 is 2.89 bits per heavy atom. The topological polar surface area (TPSA) is 68.3 Å². The summed E-state index contributed by atoms with van der Waals surface area (Å²) in [6.45, 7) is 1.08. The molecule has 0 saturated carbocycles. The smallest absolute Gasteiger partial charge is 0.273 e. The van der Waals surface area contributed by atoms with Crippen LogP contribution in [-0.2, 0) is 13.0 Å². The van der Waals surface area contributed by atoms with Gasteiger partial charge in [0.2, 0.25) is 0 Å². The number of hydrogen-bond donors (Lipinski definition) is 1. The average molecular weight is 281 g/mol. The molecule has 0 fully saturated rings. The third-order valence-electron chi connectivity index (χ3n) is 2.68. The van der Waals surface area contributed by atoms with E-state index in [4.69, 9.17) is 16.0 Å². The van der Waals surface area contributed by atoms with Crippen molar-refractivity contribution < 1.29 is 9.34 Å². The number of halogens is 1. The molecule has 5 nitrogen and oxygen atoms in total. The SMILES string of the molecule is O=[N+]([O-])c1ccc(Cl)cc1CNCCc1ccco1. The summed E-state index contributed by atoms with van der Waals surface area (Å²) in [4.78, 5) is 10.5. The van der Waals surface area contributed by atoms with Crippen LogP contribution in [-0.4, -0.2) is 11.5 Å². The Labute approximate surface area is 115 Å². The molecule has 1 N–H and O–H groups in total. The van der Waals surface area contributed by atoms with Crippen LogP contribution in [0.25, 0.3) is 0 Å². The van der Waals surface area contributed by atoms with Gasteiger partial charge < -0.3 is 9.73 Å². The molecule has 19 heavy (non-hydrogen) atoms. The third kappa shape index (κ3) is 3.81. The number of nitrogens with zero attached hydrogens (tertiary/aromatic N) is 1. The van der Waals surface area contributed by atoms with Crippen molar-refractivity contribution in [3.63, 3.8) is 0 Å². The standard InChI is InChI=1S/C13H13ClN2O3/c14-11-3-4-13(16(17)18)10(8-11)9-15-6-5-12-2-1-7-19-12/h1-4,7-8,15H,5-6,9H2. The predicted octanol–water partition coefficient (Wildman–Crippen LogP) is 3.17. The van der Waals surface area contributed by atoms with Gasteiger partial charge in [0.05, 0.1) is 11.2 Å². The van der Waals surface area contributed by atoms with Crippen LogP contribution in [0.5, 0.6) is 0 Å². The van der Waals surface area contributed by atoms with Gasteiger partial charge in [-0.15, -0.1) is 0 Å². The number of nitrogens with one attached hydrogen (secondary N) is 1. The fourth-order valence-electron chi connectivity index (χ4n) is 1.76. The number of hydrogen-bond acceptors (Lipinski definition) is 4. The van der Waals surface area contributed by atoms with Crippen LogP contribution in [0.3, 0.4) is 0 Å². The molecule has 0 aliphatic rings. The Bertz CT molecular complexity index is 555. The van der Waals surface area contributed by atoms with E-state index in [0.717, 1.165) is 12.2 Å². The highest BCUT2D eigenvalue weighted by molar-refractivity contribution is 6.30. The summed E-state index contributed by atoms with van der Waals surface area (Å²) in [6.07, 6.45) is 2.36. The van der Waals surface area contributed by atoms with Crippen LogP contribution in [0.2, 0.25) is 5.02 Å². The van der Waals surface area contributed by atoms with Crippen molar-refractivity contribution in [2.75, 3.05) is 6.54 Å². The molecular formula is C13H13ClN2O3. The maximum Gasteiger partial charge on any atom is 0.273 e. The second-order valence-electron chi connectivity index (χ2n) is 4.04. The Balaban J connectivity index is 1.91. The molecule has 0 spiro atoms. The van der Waals surface area contributed by atoms with Crippen LogP contribution in [0, 0.1) is 10.1 Å². The average Bonchev–Trinajstić information content (AvgIpc) is 2.87. The lowest BCUT2D eigenvalue weighted by atomic mass is 10.2. The minimum Gasteiger partial charge on any atom is -0.469 e. The zero-order valence-electron chi connectivity index (χ0n) is 10.1. The van der Waals surface area contributed by atoms with Crippen LogP contribution in [0.4, 0.5) is 5.69 Å². The maximum atomic E-state index is 10.9. The zero-order valence-corrected chi connectivity index (χ0v) is 10.9. The van der Waals surface area contributed by atoms with Crippen molar-refractivity contribution in [2.24, 2.45) is 0 Å². The molecule has 0 unspecified atom stereocenters. The lowest BCUT2D eigenvalue weighted by Crippen LogP contribution is -2.17. The molecular weight excluding hydrogens is 268 g/mol. The molecule has 0 saturated heterocycles. The van der Waals surface area contributed by atoms with E-state index >= 15 is 0 Å². The summed E-state index contributed by atoms with van der Waals surface area (Å²) in [5.41, 5.74) is 0.659. The van der Waals surface area contributed by atoms with Gasteiger partial charge in [0, 0.05) is 36.2 Å². The van der Waals surface area contributed by atoms with E-state index in [2.05, 4.69) is 5.32 Å². The van der Waals surface area contributed by atoms with E-state index in [0.29, 0.717) is 23.7 Å². The number of benzene rings is 1. The number of nitro benzene ring substituents is 1. The van der Waals surface area contributed by atoms with Gasteiger partial charge in [-0.2, -0.15) is 0 Å². The summed E-state index contributed by atoms with van der Waals surface area (Å²) in [6, 6.07) is 8.28. The van der Waals surface area contributed by atoms with E-state index in [9.17, 15) is 10.1 Å². The summed E-state index contributed by atoms with van der Waals surface area (Å²) >= 11 is 5.85. The molecule has 2 rings (SSSR count). The van der Waals surface area contributed by atoms with Gasteiger partial charge in [0.25, 0.3) is 5.69 Å². The Kier molecular flexibility index (Phi) is 4.54. The molecule has 6 heteroatoms. The number of furan rings is 1. The molecule has 2 aromatic rings. The van der Waals surface area contributed by atoms with Crippen molar-refractivity contribution in [3.8, 4) is 0 Å². The van der Waals surface area contributed by atoms with Crippen molar-refractivity contribution in [1.82, 2.24) is 5.32 Å². The van der Waals surface area contributed by atoms with E-state index in [1.54, 1.807) is 12.3 Å². The first-order valence-electron chi connectivity index (χ1n) is 5.83. The second-order valence-corrected chi connectivity index (χ2v) is 4.47. The monoisotopic (exact) mass is 280 g/mol. The Morgan fingerprint density at radius 1 is 1.37 bits per heavy atom. The Morgan fingerprint density at radius 2 is 2.21 bits per heavy atom. The quantitative estimate of drug-likeness (QED) is 0.501. The summed E-state index contributed by atoms with van der Waals surface area (Å²) in [7, 11) is 0. The van der Waals surface area contributed by atoms with Crippen LogP contribution in [0.1, 0.15) is 11.3 Å². The van der Waals surface area contributed by atoms with Gasteiger partial charge in [-0.05, 0) is 24.3 Å². The largest absolute Gasteiger partial charge is 0.469 e. The van der Waals surface area contributed by atoms with E-state index in [-0.39, 0.29) is 5.69 Å². The number of nitro groups is 1. The lowest BCUT2D eigenvalue weighted by molar-refractivity contribution is -0.385. The molecule has 0 atom stereocenters. The second kappa shape index (κ2) is 6.36. The molecule has 0 aliphatic carbocycles. The van der Waals surface area contributed by atoms with Gasteiger partial charge in [0.1, 0.15) is 5.76 Å². The fourth-order valence-corrected chi connectivity index (χ4v) is 1.96. The van der Waals surface area contributed by atoms with Gasteiger partial charge >= 0.3 is 0 Å². The summed E-state index contributed by atoms with van der Waals surface area (Å²) in [5.74, 6) is 0.882. The molecule has 0 amide bonds. The van der Waals surface area contributed by atoms with Crippen LogP contribution in [0.15, 0.2) is 41.0 Å². The lowest BCUT2D eigenvalue weighted by Gasteiger charge is -2.05. The van der Waals surface area contributed by atoms with Crippen LogP contribution >= 0.6 is 11.6 Å². The maximum absolute atomic E-state index is 10.9. The third-order valence-corrected chi connectivity index (χ3v) is 2.92. The van der Waals surface area contributed by atoms with Gasteiger partial charge in [-0.1, -0.05) is 11.6 Å². The van der Waals surface area contributed by atoms with Crippen molar-refractivity contribution in [3.05, 3.63) is 63.1 Å². The van der Waals surface area contributed by atoms with E-state index in [1.807, 2.05) is 12.1 Å². The van der Waals surface area contributed by atoms with Gasteiger partial charge in [-0.25, -0.2) is 0 Å². The van der Waals surface area contributed by atoms with Crippen LogP contribution < -0.4 is 5.32 Å². The zero-order chi connectivity index (χ0) is 13.7. The predicted molar refractivity (Wildman–Crippen MR) is 72.2 cm³/mol. The first-order chi connectivity index (χ1) is 9.16. The van der Waals surface area contributed by atoms with Crippen molar-refractivity contribution >= 4 is 17.3 Å². The molecule has 1 heterocycles. The van der Waals surface area contributed by atoms with Crippen molar-refractivity contribution in [2.45, 2.75) is 13.0 Å². The normalized spacial score (nSPS) is 10.6. The highest BCUT2D eigenvalue weighted by Gasteiger charge is 2.13. The molecule has 0 bridgehead atoms. The molecule has 100 valence electrons. The molecule has 0 aliphatic heterocycles. The molecule has 1 aromatic carbocycles. The first kappa shape index (κ1) is 13.6. The van der Waals surface area contributed by atoms with E-state index in [1.165, 1.54) is 12.1 Å². The number of rotatable bonds is 6.